The first-order chi connectivity index (χ1) is 11.7. The van der Waals surface area contributed by atoms with Crippen LogP contribution in [0, 0.1) is 0 Å². The Kier molecular flexibility index (Phi) is 3.58. The van der Waals surface area contributed by atoms with Gasteiger partial charge < -0.3 is 14.1 Å². The minimum atomic E-state index is -1.09. The zero-order chi connectivity index (χ0) is 16.5. The van der Waals surface area contributed by atoms with Crippen molar-refractivity contribution in [1.29, 1.82) is 0 Å². The summed E-state index contributed by atoms with van der Waals surface area (Å²) in [5, 5.41) is 17.5. The molecule has 1 aliphatic heterocycles. The predicted octanol–water partition coefficient (Wildman–Crippen LogP) is 1.65. The molecule has 2 aromatic heterocycles. The van der Waals surface area contributed by atoms with E-state index < -0.39 is 5.97 Å². The molecule has 3 heterocycles. The number of fused-ring (bicyclic) bond motifs is 1. The van der Waals surface area contributed by atoms with E-state index in [2.05, 4.69) is 24.6 Å². The van der Waals surface area contributed by atoms with Gasteiger partial charge in [-0.3, -0.25) is 4.90 Å². The maximum Gasteiger partial charge on any atom is 0.357 e. The molecule has 8 nitrogen and oxygen atoms in total. The highest BCUT2D eigenvalue weighted by atomic mass is 16.4. The van der Waals surface area contributed by atoms with Gasteiger partial charge in [0.25, 0.3) is 0 Å². The third kappa shape index (κ3) is 2.67. The number of rotatable bonds is 4. The lowest BCUT2D eigenvalue weighted by Gasteiger charge is -2.26. The summed E-state index contributed by atoms with van der Waals surface area (Å²) in [6.07, 6.45) is 1.16. The van der Waals surface area contributed by atoms with Gasteiger partial charge in [-0.05, 0) is 0 Å². The molecule has 24 heavy (non-hydrogen) atoms. The van der Waals surface area contributed by atoms with Crippen molar-refractivity contribution in [2.45, 2.75) is 19.6 Å². The average Bonchev–Trinajstić information content (AvgIpc) is 3.22. The molecule has 0 unspecified atom stereocenters. The molecular formula is C16H15N5O3. The molecule has 0 fully saturated rings. The molecule has 1 aliphatic rings. The van der Waals surface area contributed by atoms with Crippen molar-refractivity contribution >= 4 is 5.97 Å². The Balaban J connectivity index is 1.50. The Labute approximate surface area is 137 Å². The Bertz CT molecular complexity index is 871. The van der Waals surface area contributed by atoms with Crippen LogP contribution in [0.25, 0.3) is 11.4 Å². The van der Waals surface area contributed by atoms with Crippen molar-refractivity contribution in [1.82, 2.24) is 24.6 Å². The van der Waals surface area contributed by atoms with Crippen molar-refractivity contribution in [3.05, 3.63) is 54.0 Å². The summed E-state index contributed by atoms with van der Waals surface area (Å²) in [5.74, 6) is 1.05. The first-order valence-electron chi connectivity index (χ1n) is 7.58. The van der Waals surface area contributed by atoms with Gasteiger partial charge in [0.05, 0.1) is 13.1 Å². The second kappa shape index (κ2) is 5.89. The van der Waals surface area contributed by atoms with Gasteiger partial charge in [-0.25, -0.2) is 9.78 Å². The van der Waals surface area contributed by atoms with Crippen molar-refractivity contribution in [3.8, 4) is 11.4 Å². The van der Waals surface area contributed by atoms with E-state index in [0.29, 0.717) is 19.0 Å². The number of carboxylic acids is 1. The van der Waals surface area contributed by atoms with Crippen LogP contribution in [0.3, 0.4) is 0 Å². The number of hydrogen-bond acceptors (Lipinski definition) is 6. The molecule has 0 amide bonds. The molecule has 1 aromatic carbocycles. The SMILES string of the molecule is O=C(O)c1coc(CN2CCn3c(nnc3-c3ccccc3)C2)n1. The van der Waals surface area contributed by atoms with E-state index in [1.807, 2.05) is 30.3 Å². The van der Waals surface area contributed by atoms with E-state index in [9.17, 15) is 4.79 Å². The van der Waals surface area contributed by atoms with Crippen LogP contribution in [0.1, 0.15) is 22.2 Å². The summed E-state index contributed by atoms with van der Waals surface area (Å²) in [5.41, 5.74) is 0.972. The van der Waals surface area contributed by atoms with Gasteiger partial charge in [0.1, 0.15) is 12.1 Å². The van der Waals surface area contributed by atoms with Crippen LogP contribution >= 0.6 is 0 Å². The van der Waals surface area contributed by atoms with Gasteiger partial charge in [0.2, 0.25) is 5.89 Å². The molecular weight excluding hydrogens is 310 g/mol. The number of nitrogens with zero attached hydrogens (tertiary/aromatic N) is 5. The van der Waals surface area contributed by atoms with Gasteiger partial charge >= 0.3 is 5.97 Å². The molecule has 0 aliphatic carbocycles. The minimum Gasteiger partial charge on any atom is -0.476 e. The monoisotopic (exact) mass is 325 g/mol. The number of aromatic nitrogens is 4. The van der Waals surface area contributed by atoms with Gasteiger partial charge in [-0.2, -0.15) is 0 Å². The van der Waals surface area contributed by atoms with Gasteiger partial charge in [-0.1, -0.05) is 30.3 Å². The zero-order valence-corrected chi connectivity index (χ0v) is 12.8. The largest absolute Gasteiger partial charge is 0.476 e. The molecule has 122 valence electrons. The average molecular weight is 325 g/mol. The van der Waals surface area contributed by atoms with E-state index in [0.717, 1.165) is 36.6 Å². The fourth-order valence-electron chi connectivity index (χ4n) is 2.82. The number of oxazole rings is 1. The third-order valence-electron chi connectivity index (χ3n) is 3.99. The van der Waals surface area contributed by atoms with Crippen molar-refractivity contribution in [2.24, 2.45) is 0 Å². The Morgan fingerprint density at radius 3 is 2.79 bits per heavy atom. The Morgan fingerprint density at radius 2 is 2.04 bits per heavy atom. The highest BCUT2D eigenvalue weighted by Gasteiger charge is 2.23. The van der Waals surface area contributed by atoms with Crippen LogP contribution < -0.4 is 0 Å². The number of aromatic carboxylic acids is 1. The quantitative estimate of drug-likeness (QED) is 0.779. The first kappa shape index (κ1) is 14.6. The number of benzene rings is 1. The number of carbonyl (C=O) groups is 1. The molecule has 8 heteroatoms. The lowest BCUT2D eigenvalue weighted by Crippen LogP contribution is -2.33. The fraction of sp³-hybridized carbons (Fsp3) is 0.250. The summed E-state index contributed by atoms with van der Waals surface area (Å²) >= 11 is 0. The topological polar surface area (TPSA) is 97.3 Å². The van der Waals surface area contributed by atoms with Crippen molar-refractivity contribution < 1.29 is 14.3 Å². The van der Waals surface area contributed by atoms with Crippen LogP contribution in [0.4, 0.5) is 0 Å². The Morgan fingerprint density at radius 1 is 1.21 bits per heavy atom. The smallest absolute Gasteiger partial charge is 0.357 e. The minimum absolute atomic E-state index is 0.0726. The number of hydrogen-bond donors (Lipinski definition) is 1. The second-order valence-electron chi connectivity index (χ2n) is 5.60. The van der Waals surface area contributed by atoms with E-state index in [4.69, 9.17) is 9.52 Å². The molecule has 3 aromatic rings. The molecule has 0 saturated heterocycles. The van der Waals surface area contributed by atoms with E-state index in [1.165, 1.54) is 0 Å². The zero-order valence-electron chi connectivity index (χ0n) is 12.8. The maximum absolute atomic E-state index is 10.8. The van der Waals surface area contributed by atoms with Gasteiger partial charge in [-0.15, -0.1) is 10.2 Å². The predicted molar refractivity (Wildman–Crippen MR) is 83.0 cm³/mol. The summed E-state index contributed by atoms with van der Waals surface area (Å²) in [7, 11) is 0. The summed E-state index contributed by atoms with van der Waals surface area (Å²) in [4.78, 5) is 16.9. The normalized spacial score (nSPS) is 14.5. The molecule has 0 atom stereocenters. The van der Waals surface area contributed by atoms with Gasteiger partial charge in [0, 0.05) is 18.7 Å². The third-order valence-corrected chi connectivity index (χ3v) is 3.99. The van der Waals surface area contributed by atoms with Crippen LogP contribution in [-0.2, 0) is 19.6 Å². The lowest BCUT2D eigenvalue weighted by molar-refractivity contribution is 0.0690. The van der Waals surface area contributed by atoms with Crippen LogP contribution in [-0.4, -0.2) is 42.3 Å². The molecule has 1 N–H and O–H groups in total. The van der Waals surface area contributed by atoms with E-state index in [-0.39, 0.29) is 5.69 Å². The van der Waals surface area contributed by atoms with Crippen molar-refractivity contribution in [2.75, 3.05) is 6.54 Å². The van der Waals surface area contributed by atoms with E-state index in [1.54, 1.807) is 0 Å². The summed E-state index contributed by atoms with van der Waals surface area (Å²) < 4.78 is 7.33. The highest BCUT2D eigenvalue weighted by Crippen LogP contribution is 2.22. The summed E-state index contributed by atoms with van der Waals surface area (Å²) in [6, 6.07) is 9.97. The van der Waals surface area contributed by atoms with Gasteiger partial charge in [0.15, 0.2) is 11.5 Å². The molecule has 0 radical (unpaired) electrons. The van der Waals surface area contributed by atoms with Crippen LogP contribution in [0.5, 0.6) is 0 Å². The lowest BCUT2D eigenvalue weighted by atomic mass is 10.2. The maximum atomic E-state index is 10.8. The highest BCUT2D eigenvalue weighted by molar-refractivity contribution is 5.84. The van der Waals surface area contributed by atoms with Crippen molar-refractivity contribution in [3.63, 3.8) is 0 Å². The Hall–Kier alpha value is -3.00. The fourth-order valence-corrected chi connectivity index (χ4v) is 2.82. The summed E-state index contributed by atoms with van der Waals surface area (Å²) in [6.45, 7) is 2.61. The molecule has 0 spiro atoms. The molecule has 0 saturated carbocycles. The molecule has 0 bridgehead atoms. The second-order valence-corrected chi connectivity index (χ2v) is 5.60. The first-order valence-corrected chi connectivity index (χ1v) is 7.58. The standard InChI is InChI=1S/C16H15N5O3/c22-16(23)12-10-24-14(17-12)9-20-6-7-21-13(8-20)18-19-15(21)11-4-2-1-3-5-11/h1-5,10H,6-9H2,(H,22,23). The van der Waals surface area contributed by atoms with E-state index >= 15 is 0 Å². The van der Waals surface area contributed by atoms with Crippen LogP contribution in [0.2, 0.25) is 0 Å². The molecule has 4 rings (SSSR count). The number of carboxylic acid groups (broad SMARTS) is 1. The van der Waals surface area contributed by atoms with Crippen LogP contribution in [0.15, 0.2) is 41.0 Å².